The Morgan fingerprint density at radius 3 is 2.45 bits per heavy atom. The van der Waals surface area contributed by atoms with Crippen LogP contribution < -0.4 is 21.9 Å². The van der Waals surface area contributed by atoms with Crippen LogP contribution in [0.25, 0.3) is 0 Å². The van der Waals surface area contributed by atoms with E-state index in [0.29, 0.717) is 0 Å². The Labute approximate surface area is 172 Å². The molecule has 0 spiro atoms. The van der Waals surface area contributed by atoms with Crippen molar-refractivity contribution in [3.05, 3.63) is 86.6 Å². The first-order chi connectivity index (χ1) is 13.9. The smallest absolute Gasteiger partial charge is 0.330 e. The van der Waals surface area contributed by atoms with E-state index in [1.54, 1.807) is 0 Å². The van der Waals surface area contributed by atoms with Crippen LogP contribution in [0.5, 0.6) is 0 Å². The highest BCUT2D eigenvalue weighted by atomic mass is 32.2. The molecule has 7 nitrogen and oxygen atoms in total. The molecule has 0 aliphatic heterocycles. The molecule has 3 N–H and O–H groups in total. The van der Waals surface area contributed by atoms with Gasteiger partial charge in [-0.15, -0.1) is 11.8 Å². The molecule has 1 heterocycles. The lowest BCUT2D eigenvalue weighted by Gasteiger charge is -2.20. The topological polar surface area (TPSA) is 101 Å². The van der Waals surface area contributed by atoms with E-state index in [4.69, 9.17) is 5.73 Å². The van der Waals surface area contributed by atoms with Gasteiger partial charge in [-0.1, -0.05) is 48.5 Å². The molecule has 1 amide bonds. The third kappa shape index (κ3) is 4.60. The maximum absolute atomic E-state index is 12.7. The van der Waals surface area contributed by atoms with Gasteiger partial charge in [0.15, 0.2) is 5.69 Å². The number of aromatic amines is 1. The minimum Gasteiger partial charge on any atom is -0.383 e. The number of nitrogen functional groups attached to an aromatic ring is 1. The highest BCUT2D eigenvalue weighted by Gasteiger charge is 2.21. The van der Waals surface area contributed by atoms with Gasteiger partial charge < -0.3 is 10.6 Å². The summed E-state index contributed by atoms with van der Waals surface area (Å²) < 4.78 is 1.25. The molecule has 150 valence electrons. The van der Waals surface area contributed by atoms with Gasteiger partial charge in [0.1, 0.15) is 5.82 Å². The van der Waals surface area contributed by atoms with Crippen molar-refractivity contribution in [3.63, 3.8) is 0 Å². The van der Waals surface area contributed by atoms with Crippen LogP contribution in [0.1, 0.15) is 11.1 Å². The second kappa shape index (κ2) is 8.83. The van der Waals surface area contributed by atoms with Crippen LogP contribution in [0.2, 0.25) is 0 Å². The largest absolute Gasteiger partial charge is 0.383 e. The van der Waals surface area contributed by atoms with Gasteiger partial charge in [0.25, 0.3) is 5.56 Å². The molecule has 8 heteroatoms. The number of nitrogens with two attached hydrogens (primary N) is 1. The summed E-state index contributed by atoms with van der Waals surface area (Å²) in [7, 11) is 1.49. The number of nitrogens with one attached hydrogen (secondary N) is 1. The Balaban J connectivity index is 1.86. The minimum absolute atomic E-state index is 0.0316. The zero-order valence-electron chi connectivity index (χ0n) is 16.2. The standard InChI is InChI=1S/C21H22N4O3S/c1-14-8-6-7-11-16(14)29-13-17(26)24(2)18-19(22)25(21(28)23-20(18)27)12-15-9-4-3-5-10-15/h3-11H,12-13,22H2,1-2H3,(H,23,27,28). The maximum atomic E-state index is 12.7. The highest BCUT2D eigenvalue weighted by Crippen LogP contribution is 2.23. The number of anilines is 2. The summed E-state index contributed by atoms with van der Waals surface area (Å²) in [6.07, 6.45) is 0. The minimum atomic E-state index is -0.687. The quantitative estimate of drug-likeness (QED) is 0.607. The van der Waals surface area contributed by atoms with Crippen molar-refractivity contribution in [2.75, 3.05) is 23.4 Å². The molecule has 3 rings (SSSR count). The van der Waals surface area contributed by atoms with Crippen molar-refractivity contribution in [2.45, 2.75) is 18.4 Å². The zero-order chi connectivity index (χ0) is 21.0. The molecular weight excluding hydrogens is 388 g/mol. The van der Waals surface area contributed by atoms with Gasteiger partial charge in [-0.3, -0.25) is 19.1 Å². The van der Waals surface area contributed by atoms with Gasteiger partial charge in [0.05, 0.1) is 12.3 Å². The van der Waals surface area contributed by atoms with Crippen molar-refractivity contribution in [2.24, 2.45) is 0 Å². The van der Waals surface area contributed by atoms with Crippen LogP contribution in [0.15, 0.2) is 69.1 Å². The van der Waals surface area contributed by atoms with Crippen molar-refractivity contribution in [1.29, 1.82) is 0 Å². The summed E-state index contributed by atoms with van der Waals surface area (Å²) >= 11 is 1.39. The summed E-state index contributed by atoms with van der Waals surface area (Å²) in [5.41, 5.74) is 6.73. The predicted octanol–water partition coefficient (Wildman–Crippen LogP) is 2.23. The molecule has 3 aromatic rings. The summed E-state index contributed by atoms with van der Waals surface area (Å²) in [5.74, 6) is -0.197. The fraction of sp³-hybridized carbons (Fsp3) is 0.190. The van der Waals surface area contributed by atoms with E-state index in [9.17, 15) is 14.4 Å². The van der Waals surface area contributed by atoms with Gasteiger partial charge in [-0.2, -0.15) is 0 Å². The van der Waals surface area contributed by atoms with Crippen LogP contribution in [-0.2, 0) is 11.3 Å². The van der Waals surface area contributed by atoms with E-state index in [1.165, 1.54) is 28.3 Å². The Hall–Kier alpha value is -3.26. The first kappa shape index (κ1) is 20.5. The van der Waals surface area contributed by atoms with Gasteiger partial charge in [0.2, 0.25) is 5.91 Å². The number of H-pyrrole nitrogens is 1. The lowest BCUT2D eigenvalue weighted by atomic mass is 10.2. The number of carbonyl (C=O) groups is 1. The summed E-state index contributed by atoms with van der Waals surface area (Å²) in [6.45, 7) is 2.16. The fourth-order valence-electron chi connectivity index (χ4n) is 2.90. The fourth-order valence-corrected chi connectivity index (χ4v) is 3.85. The maximum Gasteiger partial charge on any atom is 0.330 e. The number of aryl methyl sites for hydroxylation is 1. The lowest BCUT2D eigenvalue weighted by Crippen LogP contribution is -2.40. The van der Waals surface area contributed by atoms with Gasteiger partial charge in [0, 0.05) is 11.9 Å². The van der Waals surface area contributed by atoms with Gasteiger partial charge >= 0.3 is 5.69 Å². The van der Waals surface area contributed by atoms with Crippen LogP contribution in [-0.4, -0.2) is 28.3 Å². The van der Waals surface area contributed by atoms with E-state index < -0.39 is 11.2 Å². The molecule has 1 aromatic heterocycles. The molecule has 2 aromatic carbocycles. The monoisotopic (exact) mass is 410 g/mol. The average Bonchev–Trinajstić information content (AvgIpc) is 2.71. The number of hydrogen-bond acceptors (Lipinski definition) is 5. The first-order valence-electron chi connectivity index (χ1n) is 9.00. The normalized spacial score (nSPS) is 10.7. The number of hydrogen-bond donors (Lipinski definition) is 2. The number of carbonyl (C=O) groups excluding carboxylic acids is 1. The molecular formula is C21H22N4O3S. The number of rotatable bonds is 6. The van der Waals surface area contributed by atoms with Crippen molar-refractivity contribution in [1.82, 2.24) is 9.55 Å². The second-order valence-electron chi connectivity index (χ2n) is 6.57. The summed E-state index contributed by atoms with van der Waals surface area (Å²) in [6, 6.07) is 17.0. The third-order valence-electron chi connectivity index (χ3n) is 4.55. The molecule has 0 atom stereocenters. The SMILES string of the molecule is Cc1ccccc1SCC(=O)N(C)c1c(N)n(Cc2ccccc2)c(=O)[nH]c1=O. The lowest BCUT2D eigenvalue weighted by molar-refractivity contribution is -0.115. The molecule has 0 saturated heterocycles. The first-order valence-corrected chi connectivity index (χ1v) is 9.98. The summed E-state index contributed by atoms with van der Waals surface area (Å²) in [4.78, 5) is 41.8. The van der Waals surface area contributed by atoms with Crippen LogP contribution in [0.4, 0.5) is 11.5 Å². The van der Waals surface area contributed by atoms with Crippen LogP contribution in [0, 0.1) is 6.92 Å². The summed E-state index contributed by atoms with van der Waals surface area (Å²) in [5, 5.41) is 0. The van der Waals surface area contributed by atoms with Crippen LogP contribution >= 0.6 is 11.8 Å². The number of amides is 1. The average molecular weight is 410 g/mol. The molecule has 0 radical (unpaired) electrons. The number of benzene rings is 2. The molecule has 0 fully saturated rings. The molecule has 0 aliphatic rings. The number of aromatic nitrogens is 2. The van der Waals surface area contributed by atoms with Gasteiger partial charge in [-0.05, 0) is 24.1 Å². The Morgan fingerprint density at radius 2 is 1.76 bits per heavy atom. The van der Waals surface area contributed by atoms with Crippen molar-refractivity contribution >= 4 is 29.2 Å². The van der Waals surface area contributed by atoms with E-state index in [2.05, 4.69) is 4.98 Å². The predicted molar refractivity (Wildman–Crippen MR) is 117 cm³/mol. The molecule has 0 unspecified atom stereocenters. The number of thioether (sulfide) groups is 1. The second-order valence-corrected chi connectivity index (χ2v) is 7.59. The molecule has 29 heavy (non-hydrogen) atoms. The van der Waals surface area contributed by atoms with Gasteiger partial charge in [-0.25, -0.2) is 4.79 Å². The molecule has 0 bridgehead atoms. The van der Waals surface area contributed by atoms with E-state index in [1.807, 2.05) is 61.5 Å². The van der Waals surface area contributed by atoms with Crippen molar-refractivity contribution in [3.8, 4) is 0 Å². The Morgan fingerprint density at radius 1 is 1.10 bits per heavy atom. The number of nitrogens with zero attached hydrogens (tertiary/aromatic N) is 2. The van der Waals surface area contributed by atoms with E-state index >= 15 is 0 Å². The van der Waals surface area contributed by atoms with E-state index in [0.717, 1.165) is 16.0 Å². The van der Waals surface area contributed by atoms with Crippen LogP contribution in [0.3, 0.4) is 0 Å². The van der Waals surface area contributed by atoms with E-state index in [-0.39, 0.29) is 29.7 Å². The zero-order valence-corrected chi connectivity index (χ0v) is 17.0. The molecule has 0 saturated carbocycles. The third-order valence-corrected chi connectivity index (χ3v) is 5.71. The Kier molecular flexibility index (Phi) is 6.23. The Bertz CT molecular complexity index is 1140. The molecule has 0 aliphatic carbocycles. The highest BCUT2D eigenvalue weighted by molar-refractivity contribution is 8.00. The van der Waals surface area contributed by atoms with Crippen molar-refractivity contribution < 1.29 is 4.79 Å².